The Hall–Kier alpha value is -1.40. The molecule has 1 aromatic heterocycles. The molecule has 0 bridgehead atoms. The summed E-state index contributed by atoms with van der Waals surface area (Å²) in [6, 6.07) is 1.95. The van der Waals surface area contributed by atoms with Crippen molar-refractivity contribution in [2.75, 3.05) is 29.9 Å². The van der Waals surface area contributed by atoms with E-state index in [0.717, 1.165) is 30.6 Å². The van der Waals surface area contributed by atoms with Crippen LogP contribution in [0.1, 0.15) is 26.7 Å². The summed E-state index contributed by atoms with van der Waals surface area (Å²) in [5.41, 5.74) is 0. The van der Waals surface area contributed by atoms with Gasteiger partial charge < -0.3 is 20.1 Å². The summed E-state index contributed by atoms with van der Waals surface area (Å²) >= 11 is 0. The van der Waals surface area contributed by atoms with Gasteiger partial charge in [-0.2, -0.15) is 0 Å². The number of aromatic nitrogens is 2. The summed E-state index contributed by atoms with van der Waals surface area (Å²) in [4.78, 5) is 10.9. The topological polar surface area (TPSA) is 70.5 Å². The molecule has 2 fully saturated rings. The molecule has 3 rings (SSSR count). The SMILES string of the molecule is C[C@H](O)CNc1cc(N2C[C@@H](C3CC3)O[C@@H](C)C2)ncn1. The van der Waals surface area contributed by atoms with Crippen LogP contribution in [-0.4, -0.2) is 53.0 Å². The quantitative estimate of drug-likeness (QED) is 0.852. The van der Waals surface area contributed by atoms with Crippen molar-refractivity contribution in [1.29, 1.82) is 0 Å². The van der Waals surface area contributed by atoms with Crippen LogP contribution in [0.5, 0.6) is 0 Å². The van der Waals surface area contributed by atoms with Gasteiger partial charge in [-0.05, 0) is 32.6 Å². The maximum absolute atomic E-state index is 9.34. The molecule has 0 radical (unpaired) electrons. The summed E-state index contributed by atoms with van der Waals surface area (Å²) in [5.74, 6) is 2.41. The number of aliphatic hydroxyl groups is 1. The molecular formula is C15H24N4O2. The molecule has 3 atom stereocenters. The van der Waals surface area contributed by atoms with Gasteiger partial charge in [0, 0.05) is 25.7 Å². The van der Waals surface area contributed by atoms with Crippen molar-refractivity contribution in [3.05, 3.63) is 12.4 Å². The largest absolute Gasteiger partial charge is 0.392 e. The number of ether oxygens (including phenoxy) is 1. The molecule has 2 aliphatic rings. The summed E-state index contributed by atoms with van der Waals surface area (Å²) in [7, 11) is 0. The van der Waals surface area contributed by atoms with Gasteiger partial charge in [-0.25, -0.2) is 9.97 Å². The van der Waals surface area contributed by atoms with Gasteiger partial charge in [0.2, 0.25) is 0 Å². The van der Waals surface area contributed by atoms with Crippen LogP contribution in [0.2, 0.25) is 0 Å². The first-order chi connectivity index (χ1) is 10.1. The minimum atomic E-state index is -0.397. The fourth-order valence-corrected chi connectivity index (χ4v) is 2.77. The summed E-state index contributed by atoms with van der Waals surface area (Å²) in [5, 5.41) is 12.5. The molecule has 21 heavy (non-hydrogen) atoms. The Morgan fingerprint density at radius 1 is 1.43 bits per heavy atom. The lowest BCUT2D eigenvalue weighted by Crippen LogP contribution is -2.47. The van der Waals surface area contributed by atoms with Crippen molar-refractivity contribution in [3.8, 4) is 0 Å². The van der Waals surface area contributed by atoms with Gasteiger partial charge >= 0.3 is 0 Å². The van der Waals surface area contributed by atoms with E-state index in [4.69, 9.17) is 4.74 Å². The van der Waals surface area contributed by atoms with Gasteiger partial charge in [0.1, 0.15) is 18.0 Å². The molecule has 6 heteroatoms. The fourth-order valence-electron chi connectivity index (χ4n) is 2.77. The molecule has 1 aliphatic carbocycles. The van der Waals surface area contributed by atoms with E-state index in [-0.39, 0.29) is 6.10 Å². The minimum absolute atomic E-state index is 0.230. The zero-order valence-corrected chi connectivity index (χ0v) is 12.7. The smallest absolute Gasteiger partial charge is 0.134 e. The van der Waals surface area contributed by atoms with Gasteiger partial charge in [0.25, 0.3) is 0 Å². The second-order valence-corrected chi connectivity index (χ2v) is 6.22. The standard InChI is InChI=1S/C15H24N4O2/c1-10(20)6-16-14-5-15(18-9-17-14)19-7-11(2)21-13(8-19)12-3-4-12/h5,9-13,20H,3-4,6-8H2,1-2H3,(H,16,17,18)/t10-,11-,13-/m0/s1. The van der Waals surface area contributed by atoms with Gasteiger partial charge in [-0.3, -0.25) is 0 Å². The predicted molar refractivity (Wildman–Crippen MR) is 81.5 cm³/mol. The molecule has 0 aromatic carbocycles. The van der Waals surface area contributed by atoms with E-state index in [1.54, 1.807) is 13.3 Å². The number of anilines is 2. The first-order valence-corrected chi connectivity index (χ1v) is 7.76. The molecule has 1 aromatic rings. The van der Waals surface area contributed by atoms with Gasteiger partial charge in [-0.1, -0.05) is 0 Å². The molecule has 1 aliphatic heterocycles. The van der Waals surface area contributed by atoms with Crippen molar-refractivity contribution in [2.45, 2.75) is 45.0 Å². The third-order valence-electron chi connectivity index (χ3n) is 3.99. The Balaban J connectivity index is 1.68. The summed E-state index contributed by atoms with van der Waals surface area (Å²) < 4.78 is 6.04. The van der Waals surface area contributed by atoms with E-state index in [9.17, 15) is 5.11 Å². The van der Waals surface area contributed by atoms with Gasteiger partial charge in [0.15, 0.2) is 0 Å². The molecule has 116 valence electrons. The molecule has 1 saturated heterocycles. The molecule has 0 unspecified atom stereocenters. The Bertz CT molecular complexity index is 478. The number of aliphatic hydroxyl groups excluding tert-OH is 1. The third-order valence-corrected chi connectivity index (χ3v) is 3.99. The van der Waals surface area contributed by atoms with Crippen LogP contribution in [0.25, 0.3) is 0 Å². The Morgan fingerprint density at radius 3 is 2.95 bits per heavy atom. The van der Waals surface area contributed by atoms with E-state index < -0.39 is 6.10 Å². The highest BCUT2D eigenvalue weighted by atomic mass is 16.5. The van der Waals surface area contributed by atoms with Gasteiger partial charge in [0.05, 0.1) is 18.3 Å². The molecule has 0 spiro atoms. The van der Waals surface area contributed by atoms with Crippen LogP contribution < -0.4 is 10.2 Å². The lowest BCUT2D eigenvalue weighted by molar-refractivity contribution is -0.0273. The molecule has 2 N–H and O–H groups in total. The zero-order chi connectivity index (χ0) is 14.8. The lowest BCUT2D eigenvalue weighted by atomic mass is 10.1. The number of hydrogen-bond acceptors (Lipinski definition) is 6. The first-order valence-electron chi connectivity index (χ1n) is 7.76. The lowest BCUT2D eigenvalue weighted by Gasteiger charge is -2.37. The van der Waals surface area contributed by atoms with E-state index in [1.807, 2.05) is 6.07 Å². The second kappa shape index (κ2) is 6.15. The Labute approximate surface area is 125 Å². The minimum Gasteiger partial charge on any atom is -0.392 e. The van der Waals surface area contributed by atoms with Crippen molar-refractivity contribution >= 4 is 11.6 Å². The monoisotopic (exact) mass is 292 g/mol. The normalized spacial score (nSPS) is 27.5. The third kappa shape index (κ3) is 3.83. The summed E-state index contributed by atoms with van der Waals surface area (Å²) in [6.45, 7) is 6.12. The average molecular weight is 292 g/mol. The first kappa shape index (κ1) is 14.5. The van der Waals surface area contributed by atoms with Crippen molar-refractivity contribution in [3.63, 3.8) is 0 Å². The maximum atomic E-state index is 9.34. The van der Waals surface area contributed by atoms with Crippen molar-refractivity contribution < 1.29 is 9.84 Å². The summed E-state index contributed by atoms with van der Waals surface area (Å²) in [6.07, 6.45) is 4.31. The van der Waals surface area contributed by atoms with Crippen LogP contribution in [0.4, 0.5) is 11.6 Å². The molecule has 2 heterocycles. The Kier molecular flexibility index (Phi) is 4.26. The molecule has 1 saturated carbocycles. The number of nitrogens with one attached hydrogen (secondary N) is 1. The van der Waals surface area contributed by atoms with E-state index in [1.165, 1.54) is 12.8 Å². The highest BCUT2D eigenvalue weighted by Gasteiger charge is 2.37. The predicted octanol–water partition coefficient (Wildman–Crippen LogP) is 1.27. The molecule has 0 amide bonds. The fraction of sp³-hybridized carbons (Fsp3) is 0.733. The van der Waals surface area contributed by atoms with Crippen LogP contribution in [0.3, 0.4) is 0 Å². The molecule has 6 nitrogen and oxygen atoms in total. The maximum Gasteiger partial charge on any atom is 0.134 e. The van der Waals surface area contributed by atoms with E-state index in [2.05, 4.69) is 27.1 Å². The number of nitrogens with zero attached hydrogens (tertiary/aromatic N) is 3. The van der Waals surface area contributed by atoms with Crippen molar-refractivity contribution in [2.24, 2.45) is 5.92 Å². The second-order valence-electron chi connectivity index (χ2n) is 6.22. The van der Waals surface area contributed by atoms with Crippen LogP contribution in [-0.2, 0) is 4.74 Å². The number of hydrogen-bond donors (Lipinski definition) is 2. The number of rotatable bonds is 5. The number of morpholine rings is 1. The van der Waals surface area contributed by atoms with Crippen LogP contribution in [0.15, 0.2) is 12.4 Å². The van der Waals surface area contributed by atoms with Crippen LogP contribution >= 0.6 is 0 Å². The highest BCUT2D eigenvalue weighted by Crippen LogP contribution is 2.37. The highest BCUT2D eigenvalue weighted by molar-refractivity contribution is 5.49. The molecular weight excluding hydrogens is 268 g/mol. The van der Waals surface area contributed by atoms with E-state index in [0.29, 0.717) is 12.6 Å². The van der Waals surface area contributed by atoms with E-state index >= 15 is 0 Å². The average Bonchev–Trinajstić information content (AvgIpc) is 3.29. The zero-order valence-electron chi connectivity index (χ0n) is 12.7. The Morgan fingerprint density at radius 2 is 2.24 bits per heavy atom. The van der Waals surface area contributed by atoms with Gasteiger partial charge in [-0.15, -0.1) is 0 Å². The van der Waals surface area contributed by atoms with Crippen molar-refractivity contribution in [1.82, 2.24) is 9.97 Å². The van der Waals surface area contributed by atoms with Crippen LogP contribution in [0, 0.1) is 5.92 Å².